The van der Waals surface area contributed by atoms with E-state index in [0.717, 1.165) is 25.8 Å². The molecule has 1 aromatic carbocycles. The van der Waals surface area contributed by atoms with Crippen LogP contribution < -0.4 is 10.6 Å². The van der Waals surface area contributed by atoms with Crippen molar-refractivity contribution in [2.45, 2.75) is 25.3 Å². The highest BCUT2D eigenvalue weighted by atomic mass is 35.5. The number of hydrogen-bond acceptors (Lipinski definition) is 2. The summed E-state index contributed by atoms with van der Waals surface area (Å²) in [6.07, 6.45) is 3.09. The van der Waals surface area contributed by atoms with E-state index in [9.17, 15) is 4.79 Å². The van der Waals surface area contributed by atoms with Crippen LogP contribution in [0, 0.1) is 0 Å². The molecule has 0 spiro atoms. The highest BCUT2D eigenvalue weighted by molar-refractivity contribution is 6.36. The van der Waals surface area contributed by atoms with Crippen LogP contribution >= 0.6 is 23.2 Å². The Bertz CT molecular complexity index is 417. The monoisotopic (exact) mass is 272 g/mol. The first-order valence-electron chi connectivity index (χ1n) is 5.66. The van der Waals surface area contributed by atoms with Crippen LogP contribution in [0.15, 0.2) is 18.2 Å². The summed E-state index contributed by atoms with van der Waals surface area (Å²) >= 11 is 11.8. The van der Waals surface area contributed by atoms with Gasteiger partial charge >= 0.3 is 0 Å². The third kappa shape index (κ3) is 3.35. The van der Waals surface area contributed by atoms with E-state index in [-0.39, 0.29) is 11.9 Å². The molecular formula is C12H14Cl2N2O. The Morgan fingerprint density at radius 3 is 2.82 bits per heavy atom. The molecule has 1 aliphatic rings. The Kier molecular flexibility index (Phi) is 4.26. The van der Waals surface area contributed by atoms with Gasteiger partial charge in [0.25, 0.3) is 0 Å². The number of anilines is 1. The van der Waals surface area contributed by atoms with E-state index in [4.69, 9.17) is 23.2 Å². The molecule has 2 N–H and O–H groups in total. The van der Waals surface area contributed by atoms with Crippen LogP contribution in [0.1, 0.15) is 19.3 Å². The second-order valence-electron chi connectivity index (χ2n) is 4.12. The minimum Gasteiger partial charge on any atom is -0.323 e. The Hall–Kier alpha value is -0.770. The Labute approximate surface area is 110 Å². The molecule has 0 bridgehead atoms. The molecule has 1 fully saturated rings. The molecule has 1 aliphatic heterocycles. The van der Waals surface area contributed by atoms with Gasteiger partial charge in [-0.2, -0.15) is 0 Å². The molecular weight excluding hydrogens is 259 g/mol. The average molecular weight is 273 g/mol. The van der Waals surface area contributed by atoms with Crippen LogP contribution in [0.4, 0.5) is 5.69 Å². The van der Waals surface area contributed by atoms with Crippen molar-refractivity contribution >= 4 is 34.8 Å². The summed E-state index contributed by atoms with van der Waals surface area (Å²) in [5, 5.41) is 7.02. The van der Waals surface area contributed by atoms with Crippen molar-refractivity contribution in [3.63, 3.8) is 0 Å². The molecule has 17 heavy (non-hydrogen) atoms. The number of nitrogens with one attached hydrogen (secondary N) is 2. The summed E-state index contributed by atoms with van der Waals surface area (Å²) in [7, 11) is 0. The Morgan fingerprint density at radius 1 is 1.35 bits per heavy atom. The second kappa shape index (κ2) is 5.71. The Morgan fingerprint density at radius 2 is 2.18 bits per heavy atom. The summed E-state index contributed by atoms with van der Waals surface area (Å²) in [6, 6.07) is 4.92. The maximum absolute atomic E-state index is 11.9. The molecule has 92 valence electrons. The van der Waals surface area contributed by atoms with Gasteiger partial charge in [0.2, 0.25) is 5.91 Å². The van der Waals surface area contributed by atoms with E-state index in [0.29, 0.717) is 15.7 Å². The molecule has 1 saturated heterocycles. The predicted octanol–water partition coefficient (Wildman–Crippen LogP) is 3.07. The van der Waals surface area contributed by atoms with Crippen LogP contribution in [0.5, 0.6) is 0 Å². The van der Waals surface area contributed by atoms with Gasteiger partial charge in [-0.05, 0) is 37.6 Å². The van der Waals surface area contributed by atoms with Crippen molar-refractivity contribution in [1.29, 1.82) is 0 Å². The van der Waals surface area contributed by atoms with E-state index >= 15 is 0 Å². The lowest BCUT2D eigenvalue weighted by atomic mass is 10.0. The molecule has 0 aliphatic carbocycles. The van der Waals surface area contributed by atoms with Gasteiger partial charge in [-0.15, -0.1) is 0 Å². The van der Waals surface area contributed by atoms with E-state index in [1.165, 1.54) is 0 Å². The van der Waals surface area contributed by atoms with Gasteiger partial charge in [0.1, 0.15) is 0 Å². The van der Waals surface area contributed by atoms with Crippen LogP contribution in [0.2, 0.25) is 10.0 Å². The maximum Gasteiger partial charge on any atom is 0.241 e. The minimum atomic E-state index is -0.115. The molecule has 1 heterocycles. The smallest absolute Gasteiger partial charge is 0.241 e. The van der Waals surface area contributed by atoms with Gasteiger partial charge < -0.3 is 10.6 Å². The topological polar surface area (TPSA) is 41.1 Å². The maximum atomic E-state index is 11.9. The molecule has 0 radical (unpaired) electrons. The average Bonchev–Trinajstić information content (AvgIpc) is 2.34. The van der Waals surface area contributed by atoms with Crippen LogP contribution in [0.25, 0.3) is 0 Å². The standard InChI is InChI=1S/C12H14Cl2N2O/c13-8-4-5-10(9(14)7-8)16-12(17)11-3-1-2-6-15-11/h4-5,7,11,15H,1-3,6H2,(H,16,17)/t11-/m0/s1. The molecule has 0 aromatic heterocycles. The van der Waals surface area contributed by atoms with Gasteiger partial charge in [0.05, 0.1) is 16.8 Å². The molecule has 1 atom stereocenters. The van der Waals surface area contributed by atoms with Gasteiger partial charge in [0, 0.05) is 5.02 Å². The second-order valence-corrected chi connectivity index (χ2v) is 4.96. The molecule has 0 unspecified atom stereocenters. The summed E-state index contributed by atoms with van der Waals surface area (Å²) < 4.78 is 0. The SMILES string of the molecule is O=C(Nc1ccc(Cl)cc1Cl)[C@@H]1CCCCN1. The van der Waals surface area contributed by atoms with Crippen molar-refractivity contribution in [3.05, 3.63) is 28.2 Å². The van der Waals surface area contributed by atoms with Crippen molar-refractivity contribution < 1.29 is 4.79 Å². The summed E-state index contributed by atoms with van der Waals surface area (Å²) in [5.74, 6) is -0.0334. The number of rotatable bonds is 2. The lowest BCUT2D eigenvalue weighted by molar-refractivity contribution is -0.118. The normalized spacial score (nSPS) is 20.0. The lowest BCUT2D eigenvalue weighted by Crippen LogP contribution is -2.43. The van der Waals surface area contributed by atoms with Crippen LogP contribution in [-0.4, -0.2) is 18.5 Å². The Balaban J connectivity index is 2.02. The first-order valence-corrected chi connectivity index (χ1v) is 6.42. The number of halogens is 2. The first kappa shape index (κ1) is 12.7. The van der Waals surface area contributed by atoms with Crippen LogP contribution in [-0.2, 0) is 4.79 Å². The zero-order valence-corrected chi connectivity index (χ0v) is 10.8. The molecule has 0 saturated carbocycles. The van der Waals surface area contributed by atoms with E-state index in [2.05, 4.69) is 10.6 Å². The summed E-state index contributed by atoms with van der Waals surface area (Å²) in [4.78, 5) is 11.9. The molecule has 1 aromatic rings. The first-order chi connectivity index (χ1) is 8.16. The highest BCUT2D eigenvalue weighted by Crippen LogP contribution is 2.25. The van der Waals surface area contributed by atoms with E-state index < -0.39 is 0 Å². The molecule has 1 amide bonds. The number of amides is 1. The molecule has 5 heteroatoms. The van der Waals surface area contributed by atoms with Gasteiger partial charge in [0.15, 0.2) is 0 Å². The number of benzene rings is 1. The fourth-order valence-corrected chi connectivity index (χ4v) is 2.34. The summed E-state index contributed by atoms with van der Waals surface area (Å²) in [6.45, 7) is 0.895. The fraction of sp³-hybridized carbons (Fsp3) is 0.417. The third-order valence-electron chi connectivity index (χ3n) is 2.82. The highest BCUT2D eigenvalue weighted by Gasteiger charge is 2.20. The van der Waals surface area contributed by atoms with Gasteiger partial charge in [-0.25, -0.2) is 0 Å². The largest absolute Gasteiger partial charge is 0.323 e. The number of piperidine rings is 1. The van der Waals surface area contributed by atoms with E-state index in [1.807, 2.05) is 0 Å². The predicted molar refractivity (Wildman–Crippen MR) is 70.7 cm³/mol. The molecule has 2 rings (SSSR count). The van der Waals surface area contributed by atoms with Gasteiger partial charge in [-0.3, -0.25) is 4.79 Å². The lowest BCUT2D eigenvalue weighted by Gasteiger charge is -2.22. The summed E-state index contributed by atoms with van der Waals surface area (Å²) in [5.41, 5.74) is 0.605. The van der Waals surface area contributed by atoms with Crippen molar-refractivity contribution in [2.75, 3.05) is 11.9 Å². The van der Waals surface area contributed by atoms with Crippen molar-refractivity contribution in [3.8, 4) is 0 Å². The fourth-order valence-electron chi connectivity index (χ4n) is 1.89. The third-order valence-corrected chi connectivity index (χ3v) is 3.36. The zero-order chi connectivity index (χ0) is 12.3. The van der Waals surface area contributed by atoms with E-state index in [1.54, 1.807) is 18.2 Å². The van der Waals surface area contributed by atoms with Crippen molar-refractivity contribution in [1.82, 2.24) is 5.32 Å². The molecule has 3 nitrogen and oxygen atoms in total. The van der Waals surface area contributed by atoms with Crippen molar-refractivity contribution in [2.24, 2.45) is 0 Å². The quantitative estimate of drug-likeness (QED) is 0.869. The minimum absolute atomic E-state index is 0.0334. The van der Waals surface area contributed by atoms with Crippen LogP contribution in [0.3, 0.4) is 0 Å². The number of carbonyl (C=O) groups excluding carboxylic acids is 1. The van der Waals surface area contributed by atoms with Gasteiger partial charge in [-0.1, -0.05) is 29.6 Å². The zero-order valence-electron chi connectivity index (χ0n) is 9.30. The number of carbonyl (C=O) groups is 1. The number of hydrogen-bond donors (Lipinski definition) is 2.